The lowest BCUT2D eigenvalue weighted by Crippen LogP contribution is -2.53. The number of halogens is 2. The van der Waals surface area contributed by atoms with Crippen molar-refractivity contribution in [3.8, 4) is 0 Å². The SMILES string of the molecule is CC(=O)N1CCC(C(=O)N2CC[C@@H](N(C)C(=O)c3cc[nH]c3)[C@H](c3ccc(Cl)c(Cl)c3)C2)CC1. The van der Waals surface area contributed by atoms with Crippen LogP contribution in [0.15, 0.2) is 36.7 Å². The first-order valence-corrected chi connectivity index (χ1v) is 12.4. The van der Waals surface area contributed by atoms with Crippen molar-refractivity contribution in [1.29, 1.82) is 0 Å². The number of hydrogen-bond acceptors (Lipinski definition) is 3. The van der Waals surface area contributed by atoms with Gasteiger partial charge in [0.05, 0.1) is 15.6 Å². The minimum Gasteiger partial charge on any atom is -0.367 e. The zero-order valence-electron chi connectivity index (χ0n) is 19.5. The molecule has 3 amide bonds. The molecule has 9 heteroatoms. The number of nitrogens with zero attached hydrogens (tertiary/aromatic N) is 3. The van der Waals surface area contributed by atoms with Crippen LogP contribution in [0.3, 0.4) is 0 Å². The molecule has 7 nitrogen and oxygen atoms in total. The van der Waals surface area contributed by atoms with E-state index >= 15 is 0 Å². The van der Waals surface area contributed by atoms with Crippen molar-refractivity contribution < 1.29 is 14.4 Å². The number of piperidine rings is 2. The number of likely N-dealkylation sites (tertiary alicyclic amines) is 2. The molecular formula is C25H30Cl2N4O3. The van der Waals surface area contributed by atoms with Crippen molar-refractivity contribution in [1.82, 2.24) is 19.7 Å². The minimum atomic E-state index is -0.0994. The number of H-pyrrole nitrogens is 1. The number of benzene rings is 1. The first kappa shape index (κ1) is 24.6. The summed E-state index contributed by atoms with van der Waals surface area (Å²) < 4.78 is 0. The van der Waals surface area contributed by atoms with Gasteiger partial charge in [-0.25, -0.2) is 0 Å². The van der Waals surface area contributed by atoms with E-state index in [1.54, 1.807) is 41.2 Å². The Kier molecular flexibility index (Phi) is 7.53. The highest BCUT2D eigenvalue weighted by atomic mass is 35.5. The summed E-state index contributed by atoms with van der Waals surface area (Å²) in [6, 6.07) is 7.21. The van der Waals surface area contributed by atoms with Gasteiger partial charge in [-0.3, -0.25) is 14.4 Å². The Labute approximate surface area is 210 Å². The lowest BCUT2D eigenvalue weighted by molar-refractivity contribution is -0.141. The number of hydrogen-bond donors (Lipinski definition) is 1. The molecule has 2 fully saturated rings. The molecule has 1 aromatic carbocycles. The lowest BCUT2D eigenvalue weighted by atomic mass is 9.83. The Hall–Kier alpha value is -2.51. The zero-order chi connectivity index (χ0) is 24.4. The first-order valence-electron chi connectivity index (χ1n) is 11.7. The van der Waals surface area contributed by atoms with Gasteiger partial charge in [0.2, 0.25) is 11.8 Å². The van der Waals surface area contributed by atoms with E-state index in [-0.39, 0.29) is 35.6 Å². The first-order chi connectivity index (χ1) is 16.3. The molecule has 1 N–H and O–H groups in total. The van der Waals surface area contributed by atoms with Crippen molar-refractivity contribution >= 4 is 40.9 Å². The van der Waals surface area contributed by atoms with Crippen LogP contribution in [0.2, 0.25) is 10.0 Å². The molecule has 0 bridgehead atoms. The van der Waals surface area contributed by atoms with Crippen LogP contribution in [0.4, 0.5) is 0 Å². The van der Waals surface area contributed by atoms with E-state index in [1.165, 1.54) is 0 Å². The Morgan fingerprint density at radius 3 is 2.32 bits per heavy atom. The fourth-order valence-corrected chi connectivity index (χ4v) is 5.49. The van der Waals surface area contributed by atoms with Crippen molar-refractivity contribution in [2.24, 2.45) is 5.92 Å². The summed E-state index contributed by atoms with van der Waals surface area (Å²) in [5.41, 5.74) is 1.56. The second-order valence-corrected chi connectivity index (χ2v) is 10.0. The summed E-state index contributed by atoms with van der Waals surface area (Å²) in [5.74, 6) is -0.0565. The molecule has 4 rings (SSSR count). The number of amides is 3. The molecule has 2 atom stereocenters. The van der Waals surface area contributed by atoms with E-state index in [1.807, 2.05) is 24.1 Å². The van der Waals surface area contributed by atoms with E-state index < -0.39 is 0 Å². The average molecular weight is 505 g/mol. The van der Waals surface area contributed by atoms with Crippen LogP contribution in [0.1, 0.15) is 48.0 Å². The third-order valence-corrected chi connectivity index (χ3v) is 7.95. The van der Waals surface area contributed by atoms with Crippen molar-refractivity contribution in [3.05, 3.63) is 57.8 Å². The van der Waals surface area contributed by atoms with Crippen molar-refractivity contribution in [3.63, 3.8) is 0 Å². The van der Waals surface area contributed by atoms with Gasteiger partial charge in [-0.2, -0.15) is 0 Å². The molecule has 182 valence electrons. The second kappa shape index (κ2) is 10.4. The maximum atomic E-state index is 13.4. The molecule has 0 saturated carbocycles. The summed E-state index contributed by atoms with van der Waals surface area (Å²) in [7, 11) is 1.82. The predicted molar refractivity (Wildman–Crippen MR) is 132 cm³/mol. The molecular weight excluding hydrogens is 475 g/mol. The summed E-state index contributed by atoms with van der Waals surface area (Å²) >= 11 is 12.5. The highest BCUT2D eigenvalue weighted by Crippen LogP contribution is 2.35. The molecule has 34 heavy (non-hydrogen) atoms. The molecule has 0 aliphatic carbocycles. The molecule has 2 saturated heterocycles. The quantitative estimate of drug-likeness (QED) is 0.682. The van der Waals surface area contributed by atoms with Gasteiger partial charge in [0.25, 0.3) is 5.91 Å². The van der Waals surface area contributed by atoms with Crippen LogP contribution in [-0.2, 0) is 9.59 Å². The standard InChI is InChI=1S/C25H30Cl2N4O3/c1-16(32)30-10-6-17(7-11-30)25(34)31-12-8-23(29(2)24(33)19-5-9-28-14-19)20(15-31)18-3-4-21(26)22(27)13-18/h3-5,9,13-14,17,20,23,28H,6-8,10-12,15H2,1-2H3/t20-,23+/m0/s1. The molecule has 0 unspecified atom stereocenters. The number of likely N-dealkylation sites (N-methyl/N-ethyl adjacent to an activating group) is 1. The van der Waals surface area contributed by atoms with Gasteiger partial charge >= 0.3 is 0 Å². The number of aromatic amines is 1. The van der Waals surface area contributed by atoms with Crippen LogP contribution in [0.25, 0.3) is 0 Å². The molecule has 1 aromatic heterocycles. The van der Waals surface area contributed by atoms with E-state index in [9.17, 15) is 14.4 Å². The third kappa shape index (κ3) is 5.10. The fourth-order valence-electron chi connectivity index (χ4n) is 5.18. The average Bonchev–Trinajstić information content (AvgIpc) is 3.39. The summed E-state index contributed by atoms with van der Waals surface area (Å²) in [6.07, 6.45) is 5.45. The van der Waals surface area contributed by atoms with E-state index in [2.05, 4.69) is 4.98 Å². The Morgan fingerprint density at radius 1 is 1.00 bits per heavy atom. The highest BCUT2D eigenvalue weighted by Gasteiger charge is 2.39. The number of carbonyl (C=O) groups is 3. The maximum absolute atomic E-state index is 13.4. The number of nitrogens with one attached hydrogen (secondary N) is 1. The fraction of sp³-hybridized carbons (Fsp3) is 0.480. The van der Waals surface area contributed by atoms with Gasteiger partial charge in [-0.05, 0) is 43.0 Å². The van der Waals surface area contributed by atoms with Crippen LogP contribution in [0, 0.1) is 5.92 Å². The van der Waals surface area contributed by atoms with Crippen molar-refractivity contribution in [2.75, 3.05) is 33.2 Å². The number of carbonyl (C=O) groups excluding carboxylic acids is 3. The Bertz CT molecular complexity index is 1050. The normalized spacial score (nSPS) is 21.4. The Balaban J connectivity index is 1.54. The molecule has 2 aliphatic rings. The lowest BCUT2D eigenvalue weighted by Gasteiger charge is -2.44. The summed E-state index contributed by atoms with van der Waals surface area (Å²) in [5, 5.41) is 0.928. The largest absolute Gasteiger partial charge is 0.367 e. The van der Waals surface area contributed by atoms with Crippen molar-refractivity contribution in [2.45, 2.75) is 38.1 Å². The zero-order valence-corrected chi connectivity index (χ0v) is 21.0. The molecule has 2 aromatic rings. The topological polar surface area (TPSA) is 76.7 Å². The minimum absolute atomic E-state index is 0.0570. The van der Waals surface area contributed by atoms with Gasteiger partial charge in [0, 0.05) is 70.4 Å². The highest BCUT2D eigenvalue weighted by molar-refractivity contribution is 6.42. The van der Waals surface area contributed by atoms with Gasteiger partial charge in [0.1, 0.15) is 0 Å². The van der Waals surface area contributed by atoms with Gasteiger partial charge in [-0.1, -0.05) is 29.3 Å². The smallest absolute Gasteiger partial charge is 0.255 e. The molecule has 0 radical (unpaired) electrons. The molecule has 0 spiro atoms. The van der Waals surface area contributed by atoms with E-state index in [0.29, 0.717) is 61.1 Å². The van der Waals surface area contributed by atoms with Crippen LogP contribution in [-0.4, -0.2) is 76.7 Å². The van der Waals surface area contributed by atoms with Gasteiger partial charge < -0.3 is 19.7 Å². The van der Waals surface area contributed by atoms with Crippen LogP contribution in [0.5, 0.6) is 0 Å². The summed E-state index contributed by atoms with van der Waals surface area (Å²) in [4.78, 5) is 46.6. The molecule has 3 heterocycles. The third-order valence-electron chi connectivity index (χ3n) is 7.21. The Morgan fingerprint density at radius 2 is 1.71 bits per heavy atom. The van der Waals surface area contributed by atoms with Crippen LogP contribution >= 0.6 is 23.2 Å². The van der Waals surface area contributed by atoms with E-state index in [0.717, 1.165) is 5.56 Å². The van der Waals surface area contributed by atoms with Crippen LogP contribution < -0.4 is 0 Å². The van der Waals surface area contributed by atoms with Gasteiger partial charge in [-0.15, -0.1) is 0 Å². The molecule has 2 aliphatic heterocycles. The second-order valence-electron chi connectivity index (χ2n) is 9.22. The predicted octanol–water partition coefficient (Wildman–Crippen LogP) is 4.04. The number of aromatic nitrogens is 1. The number of rotatable bonds is 4. The maximum Gasteiger partial charge on any atom is 0.255 e. The monoisotopic (exact) mass is 504 g/mol. The van der Waals surface area contributed by atoms with E-state index in [4.69, 9.17) is 23.2 Å². The van der Waals surface area contributed by atoms with Gasteiger partial charge in [0.15, 0.2) is 0 Å². The summed E-state index contributed by atoms with van der Waals surface area (Å²) in [6.45, 7) is 3.89.